The number of amides is 1. The van der Waals surface area contributed by atoms with E-state index in [1.165, 1.54) is 0 Å². The first kappa shape index (κ1) is 16.2. The van der Waals surface area contributed by atoms with Crippen LogP contribution in [0.15, 0.2) is 18.2 Å². The summed E-state index contributed by atoms with van der Waals surface area (Å²) < 4.78 is 0. The largest absolute Gasteiger partial charge is 0.351 e. The number of halogens is 2. The first-order chi connectivity index (χ1) is 7.66. The van der Waals surface area contributed by atoms with Gasteiger partial charge < -0.3 is 10.6 Å². The molecule has 96 valence electrons. The fourth-order valence-electron chi connectivity index (χ4n) is 1.39. The summed E-state index contributed by atoms with van der Waals surface area (Å²) in [5.41, 5.74) is 1.47. The summed E-state index contributed by atoms with van der Waals surface area (Å²) in [4.78, 5) is 11.8. The maximum atomic E-state index is 11.8. The Morgan fingerprint density at radius 3 is 2.71 bits per heavy atom. The normalized spacial score (nSPS) is 9.59. The van der Waals surface area contributed by atoms with Crippen LogP contribution in [0.25, 0.3) is 0 Å². The van der Waals surface area contributed by atoms with Crippen LogP contribution in [0.5, 0.6) is 0 Å². The van der Waals surface area contributed by atoms with Crippen molar-refractivity contribution in [3.63, 3.8) is 0 Å². The summed E-state index contributed by atoms with van der Waals surface area (Å²) in [5, 5.41) is 6.61. The van der Waals surface area contributed by atoms with Gasteiger partial charge in [0.1, 0.15) is 0 Å². The van der Waals surface area contributed by atoms with Gasteiger partial charge >= 0.3 is 0 Å². The lowest BCUT2D eigenvalue weighted by Crippen LogP contribution is -2.32. The molecule has 0 unspecified atom stereocenters. The molecule has 0 aliphatic carbocycles. The van der Waals surface area contributed by atoms with E-state index < -0.39 is 0 Å². The highest BCUT2D eigenvalue weighted by Crippen LogP contribution is 2.18. The predicted octanol–water partition coefficient (Wildman–Crippen LogP) is 2.41. The van der Waals surface area contributed by atoms with E-state index in [9.17, 15) is 4.79 Å². The zero-order valence-electron chi connectivity index (χ0n) is 10.0. The number of rotatable bonds is 5. The van der Waals surface area contributed by atoms with E-state index in [0.29, 0.717) is 17.1 Å². The van der Waals surface area contributed by atoms with Crippen molar-refractivity contribution in [3.8, 4) is 0 Å². The van der Waals surface area contributed by atoms with Gasteiger partial charge in [-0.3, -0.25) is 4.79 Å². The van der Waals surface area contributed by atoms with Crippen LogP contribution in [-0.4, -0.2) is 25.5 Å². The molecule has 0 radical (unpaired) electrons. The monoisotopic (exact) mass is 276 g/mol. The van der Waals surface area contributed by atoms with E-state index in [1.54, 1.807) is 18.2 Å². The summed E-state index contributed by atoms with van der Waals surface area (Å²) in [6, 6.07) is 5.35. The Labute approximate surface area is 113 Å². The summed E-state index contributed by atoms with van der Waals surface area (Å²) in [5.74, 6) is -0.0714. The minimum Gasteiger partial charge on any atom is -0.351 e. The maximum Gasteiger partial charge on any atom is 0.251 e. The van der Waals surface area contributed by atoms with Crippen LogP contribution < -0.4 is 10.6 Å². The molecule has 5 heteroatoms. The van der Waals surface area contributed by atoms with Crippen LogP contribution in [0.1, 0.15) is 22.8 Å². The van der Waals surface area contributed by atoms with E-state index in [0.717, 1.165) is 18.7 Å². The van der Waals surface area contributed by atoms with E-state index in [2.05, 4.69) is 10.6 Å². The lowest BCUT2D eigenvalue weighted by Gasteiger charge is -2.08. The first-order valence-electron chi connectivity index (χ1n) is 5.40. The summed E-state index contributed by atoms with van der Waals surface area (Å²) in [6.07, 6.45) is 0. The van der Waals surface area contributed by atoms with Crippen LogP contribution in [0.2, 0.25) is 5.02 Å². The second-order valence-electron chi connectivity index (χ2n) is 3.52. The van der Waals surface area contributed by atoms with E-state index in [-0.39, 0.29) is 18.3 Å². The molecule has 1 aromatic carbocycles. The number of benzene rings is 1. The third-order valence-corrected chi connectivity index (χ3v) is 2.76. The van der Waals surface area contributed by atoms with Crippen molar-refractivity contribution < 1.29 is 4.79 Å². The van der Waals surface area contributed by atoms with Crippen molar-refractivity contribution in [2.75, 3.05) is 19.6 Å². The van der Waals surface area contributed by atoms with E-state index in [1.807, 2.05) is 13.8 Å². The van der Waals surface area contributed by atoms with Crippen LogP contribution >= 0.6 is 24.0 Å². The molecule has 0 saturated heterocycles. The predicted molar refractivity (Wildman–Crippen MR) is 74.3 cm³/mol. The molecule has 0 bridgehead atoms. The first-order valence-corrected chi connectivity index (χ1v) is 5.78. The van der Waals surface area contributed by atoms with Crippen molar-refractivity contribution in [1.29, 1.82) is 0 Å². The molecule has 0 aromatic heterocycles. The van der Waals surface area contributed by atoms with Gasteiger partial charge in [-0.15, -0.1) is 12.4 Å². The molecule has 17 heavy (non-hydrogen) atoms. The molecule has 0 heterocycles. The van der Waals surface area contributed by atoms with Gasteiger partial charge in [-0.1, -0.05) is 24.6 Å². The number of carbonyl (C=O) groups excluding carboxylic acids is 1. The second kappa shape index (κ2) is 8.34. The average molecular weight is 277 g/mol. The highest BCUT2D eigenvalue weighted by Gasteiger charge is 2.09. The maximum absolute atomic E-state index is 11.8. The van der Waals surface area contributed by atoms with Gasteiger partial charge in [0.25, 0.3) is 5.91 Å². The van der Waals surface area contributed by atoms with Crippen LogP contribution in [0.3, 0.4) is 0 Å². The Morgan fingerprint density at radius 1 is 1.35 bits per heavy atom. The highest BCUT2D eigenvalue weighted by molar-refractivity contribution is 6.31. The number of hydrogen-bond donors (Lipinski definition) is 2. The topological polar surface area (TPSA) is 41.1 Å². The molecule has 3 nitrogen and oxygen atoms in total. The van der Waals surface area contributed by atoms with Gasteiger partial charge in [-0.2, -0.15) is 0 Å². The minimum absolute atomic E-state index is 0. The third-order valence-electron chi connectivity index (χ3n) is 2.35. The number of likely N-dealkylation sites (N-methyl/N-ethyl adjacent to an activating group) is 1. The van der Waals surface area contributed by atoms with Crippen molar-refractivity contribution in [1.82, 2.24) is 10.6 Å². The van der Waals surface area contributed by atoms with Crippen LogP contribution in [0.4, 0.5) is 0 Å². The lowest BCUT2D eigenvalue weighted by atomic mass is 10.1. The molecule has 0 fully saturated rings. The molecular formula is C12H18Cl2N2O. The molecule has 1 aromatic rings. The Bertz CT molecular complexity index is 370. The summed E-state index contributed by atoms with van der Waals surface area (Å²) in [6.45, 7) is 6.19. The molecule has 1 amide bonds. The molecule has 0 spiro atoms. The van der Waals surface area contributed by atoms with Gasteiger partial charge in [0.05, 0.1) is 0 Å². The van der Waals surface area contributed by atoms with Gasteiger partial charge in [-0.05, 0) is 31.2 Å². The van der Waals surface area contributed by atoms with Crippen molar-refractivity contribution in [3.05, 3.63) is 34.3 Å². The third kappa shape index (κ3) is 4.94. The molecule has 0 saturated carbocycles. The number of hydrogen-bond acceptors (Lipinski definition) is 2. The SMILES string of the molecule is CCNCCNC(=O)c1cccc(Cl)c1C.Cl. The number of carbonyl (C=O) groups is 1. The molecule has 2 N–H and O–H groups in total. The minimum atomic E-state index is -0.0714. The van der Waals surface area contributed by atoms with E-state index >= 15 is 0 Å². The van der Waals surface area contributed by atoms with Crippen LogP contribution in [0, 0.1) is 6.92 Å². The molecular weight excluding hydrogens is 259 g/mol. The van der Waals surface area contributed by atoms with Gasteiger partial charge in [0, 0.05) is 23.7 Å². The quantitative estimate of drug-likeness (QED) is 0.811. The second-order valence-corrected chi connectivity index (χ2v) is 3.93. The lowest BCUT2D eigenvalue weighted by molar-refractivity contribution is 0.0953. The van der Waals surface area contributed by atoms with Gasteiger partial charge in [0.15, 0.2) is 0 Å². The fraction of sp³-hybridized carbons (Fsp3) is 0.417. The fourth-order valence-corrected chi connectivity index (χ4v) is 1.56. The standard InChI is InChI=1S/C12H17ClN2O.ClH/c1-3-14-7-8-15-12(16)10-5-4-6-11(13)9(10)2;/h4-6,14H,3,7-8H2,1-2H3,(H,15,16);1H. The van der Waals surface area contributed by atoms with Crippen LogP contribution in [-0.2, 0) is 0 Å². The molecule has 0 aliphatic heterocycles. The zero-order valence-corrected chi connectivity index (χ0v) is 11.6. The Hall–Kier alpha value is -0.770. The smallest absolute Gasteiger partial charge is 0.251 e. The molecule has 0 aliphatic rings. The zero-order chi connectivity index (χ0) is 12.0. The van der Waals surface area contributed by atoms with Crippen molar-refractivity contribution in [2.45, 2.75) is 13.8 Å². The van der Waals surface area contributed by atoms with Crippen molar-refractivity contribution >= 4 is 29.9 Å². The van der Waals surface area contributed by atoms with Gasteiger partial charge in [-0.25, -0.2) is 0 Å². The summed E-state index contributed by atoms with van der Waals surface area (Å²) in [7, 11) is 0. The molecule has 0 atom stereocenters. The highest BCUT2D eigenvalue weighted by atomic mass is 35.5. The van der Waals surface area contributed by atoms with Gasteiger partial charge in [0.2, 0.25) is 0 Å². The Morgan fingerprint density at radius 2 is 2.06 bits per heavy atom. The average Bonchev–Trinajstić information content (AvgIpc) is 2.28. The van der Waals surface area contributed by atoms with E-state index in [4.69, 9.17) is 11.6 Å². The number of nitrogens with one attached hydrogen (secondary N) is 2. The summed E-state index contributed by atoms with van der Waals surface area (Å²) >= 11 is 5.95. The van der Waals surface area contributed by atoms with Crippen molar-refractivity contribution in [2.24, 2.45) is 0 Å². The Balaban J connectivity index is 0.00000256. The molecule has 1 rings (SSSR count). The Kier molecular flexibility index (Phi) is 7.96.